The molecule has 0 fully saturated rings. The average Bonchev–Trinajstić information content (AvgIpc) is 2.54. The quantitative estimate of drug-likeness (QED) is 0.342. The van der Waals surface area contributed by atoms with Gasteiger partial charge < -0.3 is 21.3 Å². The summed E-state index contributed by atoms with van der Waals surface area (Å²) < 4.78 is 5.18. The van der Waals surface area contributed by atoms with Crippen molar-refractivity contribution in [2.45, 2.75) is 44.4 Å². The summed E-state index contributed by atoms with van der Waals surface area (Å²) in [6, 6.07) is 4.02. The summed E-state index contributed by atoms with van der Waals surface area (Å²) in [6.45, 7) is 1.52. The Bertz CT molecular complexity index is 607. The summed E-state index contributed by atoms with van der Waals surface area (Å²) in [7, 11) is 0. The number of esters is 1. The summed E-state index contributed by atoms with van der Waals surface area (Å²) in [6.07, 6.45) is -0.0744. The van der Waals surface area contributed by atoms with E-state index in [1.807, 2.05) is 0 Å². The maximum Gasteiger partial charge on any atom is 0.323 e. The third-order valence-corrected chi connectivity index (χ3v) is 3.51. The molecule has 0 radical (unpaired) electrons. The molecule has 0 aromatic heterocycles. The topological polar surface area (TPSA) is 159 Å². The molecule has 24 heavy (non-hydrogen) atoms. The van der Waals surface area contributed by atoms with E-state index < -0.39 is 35.0 Å². The lowest BCUT2D eigenvalue weighted by molar-refractivity contribution is -0.386. The second-order valence-corrected chi connectivity index (χ2v) is 5.38. The number of hydrogen-bond donors (Lipinski definition) is 3. The summed E-state index contributed by atoms with van der Waals surface area (Å²) in [4.78, 5) is 33.0. The number of nitrogens with two attached hydrogens (primary N) is 2. The van der Waals surface area contributed by atoms with E-state index in [1.165, 1.54) is 25.1 Å². The van der Waals surface area contributed by atoms with Crippen LogP contribution in [0.15, 0.2) is 24.3 Å². The van der Waals surface area contributed by atoms with Crippen LogP contribution in [0.5, 0.6) is 0 Å². The maximum atomic E-state index is 12.0. The van der Waals surface area contributed by atoms with Crippen LogP contribution in [0.2, 0.25) is 0 Å². The van der Waals surface area contributed by atoms with Gasteiger partial charge in [-0.15, -0.1) is 0 Å². The van der Waals surface area contributed by atoms with Crippen molar-refractivity contribution in [1.29, 1.82) is 0 Å². The summed E-state index contributed by atoms with van der Waals surface area (Å²) >= 11 is 0. The first-order valence-corrected chi connectivity index (χ1v) is 7.41. The molecule has 1 aromatic carbocycles. The number of carbonyl (C=O) groups excluding carboxylic acids is 1. The number of rotatable bonds is 9. The lowest BCUT2D eigenvalue weighted by Crippen LogP contribution is -2.34. The van der Waals surface area contributed by atoms with Crippen molar-refractivity contribution in [3.63, 3.8) is 0 Å². The number of nitrogens with zero attached hydrogens (tertiary/aromatic N) is 1. The van der Waals surface area contributed by atoms with Gasteiger partial charge in [-0.25, -0.2) is 0 Å². The van der Waals surface area contributed by atoms with E-state index in [0.29, 0.717) is 6.42 Å². The first-order chi connectivity index (χ1) is 11.2. The van der Waals surface area contributed by atoms with Gasteiger partial charge in [0.2, 0.25) is 0 Å². The van der Waals surface area contributed by atoms with E-state index in [-0.39, 0.29) is 24.1 Å². The van der Waals surface area contributed by atoms with Gasteiger partial charge in [-0.2, -0.15) is 0 Å². The molecule has 0 spiro atoms. The van der Waals surface area contributed by atoms with Crippen LogP contribution in [0.25, 0.3) is 0 Å². The number of hydrogen-bond acceptors (Lipinski definition) is 7. The van der Waals surface area contributed by atoms with E-state index in [0.717, 1.165) is 0 Å². The van der Waals surface area contributed by atoms with Gasteiger partial charge in [-0.1, -0.05) is 12.1 Å². The van der Waals surface area contributed by atoms with Crippen LogP contribution < -0.4 is 11.5 Å². The summed E-state index contributed by atoms with van der Waals surface area (Å²) in [5.74, 6) is -1.82. The molecule has 0 saturated carbocycles. The van der Waals surface area contributed by atoms with E-state index in [9.17, 15) is 19.7 Å². The monoisotopic (exact) mass is 339 g/mol. The summed E-state index contributed by atoms with van der Waals surface area (Å²) in [5, 5.41) is 19.7. The van der Waals surface area contributed by atoms with Crippen molar-refractivity contribution >= 4 is 17.6 Å². The fourth-order valence-corrected chi connectivity index (χ4v) is 2.12. The second kappa shape index (κ2) is 8.94. The Morgan fingerprint density at radius 3 is 2.42 bits per heavy atom. The van der Waals surface area contributed by atoms with Crippen LogP contribution in [-0.4, -0.2) is 34.1 Å². The minimum Gasteiger partial charge on any atom is -0.480 e. The van der Waals surface area contributed by atoms with E-state index >= 15 is 0 Å². The number of nitro benzene ring substituents is 1. The van der Waals surface area contributed by atoms with Crippen molar-refractivity contribution in [3.8, 4) is 0 Å². The third-order valence-electron chi connectivity index (χ3n) is 3.51. The first kappa shape index (κ1) is 19.5. The molecular formula is C15H21N3O6. The zero-order valence-corrected chi connectivity index (χ0v) is 13.3. The molecule has 0 aliphatic heterocycles. The van der Waals surface area contributed by atoms with Crippen molar-refractivity contribution in [2.75, 3.05) is 0 Å². The van der Waals surface area contributed by atoms with Crippen LogP contribution in [0, 0.1) is 10.1 Å². The molecule has 0 amide bonds. The Morgan fingerprint density at radius 1 is 1.25 bits per heavy atom. The van der Waals surface area contributed by atoms with Crippen molar-refractivity contribution in [1.82, 2.24) is 0 Å². The number of aliphatic carboxylic acids is 1. The fraction of sp³-hybridized carbons (Fsp3) is 0.467. The molecular weight excluding hydrogens is 318 g/mol. The molecule has 1 rings (SSSR count). The minimum absolute atomic E-state index is 0.140. The Kier molecular flexibility index (Phi) is 7.28. The van der Waals surface area contributed by atoms with Crippen molar-refractivity contribution in [3.05, 3.63) is 39.9 Å². The van der Waals surface area contributed by atoms with Crippen LogP contribution in [0.1, 0.15) is 37.9 Å². The van der Waals surface area contributed by atoms with Crippen LogP contribution in [0.4, 0.5) is 5.69 Å². The molecule has 5 N–H and O–H groups in total. The predicted molar refractivity (Wildman–Crippen MR) is 85.0 cm³/mol. The highest BCUT2D eigenvalue weighted by atomic mass is 16.6. The highest BCUT2D eigenvalue weighted by molar-refractivity contribution is 5.76. The largest absolute Gasteiger partial charge is 0.480 e. The Labute approximate surface area is 138 Å². The maximum absolute atomic E-state index is 12.0. The molecule has 2 unspecified atom stereocenters. The number of carboxylic acids is 1. The smallest absolute Gasteiger partial charge is 0.323 e. The SMILES string of the molecule is CC(OC(=O)C(N)CCC[C@H](N)C(=O)O)c1ccccc1[N+](=O)[O-]. The molecule has 1 aromatic rings. The number of para-hydroxylation sites is 1. The number of carboxylic acid groups (broad SMARTS) is 1. The Balaban J connectivity index is 2.58. The van der Waals surface area contributed by atoms with Crippen molar-refractivity contribution in [2.24, 2.45) is 11.5 Å². The van der Waals surface area contributed by atoms with Gasteiger partial charge >= 0.3 is 11.9 Å². The predicted octanol–water partition coefficient (Wildman–Crippen LogP) is 1.11. The molecule has 9 nitrogen and oxygen atoms in total. The van der Waals surface area contributed by atoms with Gasteiger partial charge in [0, 0.05) is 6.07 Å². The number of ether oxygens (including phenoxy) is 1. The van der Waals surface area contributed by atoms with Gasteiger partial charge in [-0.3, -0.25) is 19.7 Å². The molecule has 0 aliphatic rings. The zero-order valence-electron chi connectivity index (χ0n) is 13.3. The van der Waals surface area contributed by atoms with Crippen molar-refractivity contribution < 1.29 is 24.4 Å². The van der Waals surface area contributed by atoms with E-state index in [4.69, 9.17) is 21.3 Å². The molecule has 9 heteroatoms. The molecule has 0 aliphatic carbocycles. The molecule has 0 saturated heterocycles. The standard InChI is InChI=1S/C15H21N3O6/c1-9(10-5-2-3-8-13(10)18(22)23)24-15(21)12(17)7-4-6-11(16)14(19)20/h2-3,5,8-9,11-12H,4,6-7,16-17H2,1H3,(H,19,20)/t9?,11-,12?/m0/s1. The fourth-order valence-electron chi connectivity index (χ4n) is 2.12. The van der Waals surface area contributed by atoms with Crippen LogP contribution >= 0.6 is 0 Å². The van der Waals surface area contributed by atoms with Gasteiger partial charge in [0.05, 0.1) is 10.5 Å². The van der Waals surface area contributed by atoms with Gasteiger partial charge in [-0.05, 0) is 32.3 Å². The normalized spacial score (nSPS) is 14.5. The Morgan fingerprint density at radius 2 is 1.83 bits per heavy atom. The van der Waals surface area contributed by atoms with E-state index in [2.05, 4.69) is 0 Å². The van der Waals surface area contributed by atoms with Gasteiger partial charge in [0.1, 0.15) is 18.2 Å². The first-order valence-electron chi connectivity index (χ1n) is 7.41. The molecule has 0 bridgehead atoms. The average molecular weight is 339 g/mol. The number of carbonyl (C=O) groups is 2. The lowest BCUT2D eigenvalue weighted by atomic mass is 10.1. The minimum atomic E-state index is -1.11. The van der Waals surface area contributed by atoms with Crippen LogP contribution in [0.3, 0.4) is 0 Å². The molecule has 0 heterocycles. The second-order valence-electron chi connectivity index (χ2n) is 5.38. The molecule has 132 valence electrons. The highest BCUT2D eigenvalue weighted by Crippen LogP contribution is 2.27. The Hall–Kier alpha value is -2.52. The van der Waals surface area contributed by atoms with E-state index in [1.54, 1.807) is 6.07 Å². The number of benzene rings is 1. The third kappa shape index (κ3) is 5.60. The summed E-state index contributed by atoms with van der Waals surface area (Å²) in [5.41, 5.74) is 11.2. The van der Waals surface area contributed by atoms with Gasteiger partial charge in [0.25, 0.3) is 5.69 Å². The highest BCUT2D eigenvalue weighted by Gasteiger charge is 2.24. The van der Waals surface area contributed by atoms with Gasteiger partial charge in [0.15, 0.2) is 0 Å². The lowest BCUT2D eigenvalue weighted by Gasteiger charge is -2.17. The zero-order chi connectivity index (χ0) is 18.3. The van der Waals surface area contributed by atoms with Crippen LogP contribution in [-0.2, 0) is 14.3 Å². The number of nitro groups is 1. The molecule has 3 atom stereocenters.